The van der Waals surface area contributed by atoms with Crippen molar-refractivity contribution in [2.45, 2.75) is 0 Å². The highest BCUT2D eigenvalue weighted by Crippen LogP contribution is 2.09. The van der Waals surface area contributed by atoms with Gasteiger partial charge in [0.2, 0.25) is 6.19 Å². The number of hydrogen-bond acceptors (Lipinski definition) is 2. The molecular formula is C8H5N3. The first-order valence-electron chi connectivity index (χ1n) is 3.25. The van der Waals surface area contributed by atoms with Crippen molar-refractivity contribution in [2.75, 3.05) is 0 Å². The van der Waals surface area contributed by atoms with Crippen LogP contribution in [0, 0.1) is 11.5 Å². The van der Waals surface area contributed by atoms with Crippen LogP contribution in [0.15, 0.2) is 30.5 Å². The van der Waals surface area contributed by atoms with Crippen molar-refractivity contribution < 1.29 is 0 Å². The van der Waals surface area contributed by atoms with Gasteiger partial charge >= 0.3 is 0 Å². The molecule has 0 aliphatic carbocycles. The lowest BCUT2D eigenvalue weighted by Gasteiger charge is -1.80. The predicted molar refractivity (Wildman–Crippen MR) is 40.7 cm³/mol. The molecule has 0 atom stereocenters. The van der Waals surface area contributed by atoms with E-state index in [1.54, 1.807) is 6.20 Å². The zero-order valence-electron chi connectivity index (χ0n) is 5.73. The highest BCUT2D eigenvalue weighted by atomic mass is 15.3. The molecule has 1 aromatic heterocycles. The Kier molecular flexibility index (Phi) is 1.13. The van der Waals surface area contributed by atoms with Crippen LogP contribution >= 0.6 is 0 Å². The standard InChI is InChI=1S/C8H5N3/c9-6-11-5-7-3-1-2-4-8(7)10-11/h1-5H. The van der Waals surface area contributed by atoms with Gasteiger partial charge in [0.25, 0.3) is 0 Å². The van der Waals surface area contributed by atoms with Crippen molar-refractivity contribution in [3.63, 3.8) is 0 Å². The molecule has 0 N–H and O–H groups in total. The van der Waals surface area contributed by atoms with Gasteiger partial charge in [0, 0.05) is 11.6 Å². The molecule has 0 radical (unpaired) electrons. The molecule has 3 heteroatoms. The zero-order chi connectivity index (χ0) is 7.68. The number of fused-ring (bicyclic) bond motifs is 1. The summed E-state index contributed by atoms with van der Waals surface area (Å²) >= 11 is 0. The summed E-state index contributed by atoms with van der Waals surface area (Å²) in [5, 5.41) is 13.5. The van der Waals surface area contributed by atoms with Crippen molar-refractivity contribution in [1.29, 1.82) is 5.26 Å². The molecule has 1 aromatic carbocycles. The largest absolute Gasteiger partial charge is 0.206 e. The van der Waals surface area contributed by atoms with Crippen molar-refractivity contribution in [2.24, 2.45) is 0 Å². The minimum absolute atomic E-state index is 0.856. The minimum atomic E-state index is 0.856. The molecule has 0 saturated heterocycles. The summed E-state index contributed by atoms with van der Waals surface area (Å²) in [6, 6.07) is 7.63. The molecule has 0 spiro atoms. The van der Waals surface area contributed by atoms with Gasteiger partial charge in [-0.2, -0.15) is 15.0 Å². The van der Waals surface area contributed by atoms with Gasteiger partial charge in [-0.15, -0.1) is 0 Å². The quantitative estimate of drug-likeness (QED) is 0.558. The number of hydrogen-bond donors (Lipinski definition) is 0. The number of rotatable bonds is 0. The molecule has 0 bridgehead atoms. The Morgan fingerprint density at radius 3 is 2.91 bits per heavy atom. The summed E-state index contributed by atoms with van der Waals surface area (Å²) in [4.78, 5) is 0. The van der Waals surface area contributed by atoms with Gasteiger partial charge in [-0.3, -0.25) is 0 Å². The lowest BCUT2D eigenvalue weighted by atomic mass is 10.3. The number of aromatic nitrogens is 2. The fraction of sp³-hybridized carbons (Fsp3) is 0. The van der Waals surface area contributed by atoms with Crippen molar-refractivity contribution >= 4 is 10.9 Å². The molecule has 0 aliphatic heterocycles. The average molecular weight is 143 g/mol. The van der Waals surface area contributed by atoms with Crippen LogP contribution in [0.2, 0.25) is 0 Å². The SMILES string of the molecule is N#Cn1cc2ccccc2n1. The van der Waals surface area contributed by atoms with E-state index in [2.05, 4.69) is 5.10 Å². The van der Waals surface area contributed by atoms with Crippen LogP contribution in [0.3, 0.4) is 0 Å². The summed E-state index contributed by atoms with van der Waals surface area (Å²) in [6.45, 7) is 0. The molecule has 0 aliphatic rings. The van der Waals surface area contributed by atoms with E-state index in [9.17, 15) is 0 Å². The third-order valence-corrected chi connectivity index (χ3v) is 1.52. The van der Waals surface area contributed by atoms with Crippen LogP contribution in [0.1, 0.15) is 0 Å². The Morgan fingerprint density at radius 2 is 2.18 bits per heavy atom. The van der Waals surface area contributed by atoms with Crippen LogP contribution in [-0.4, -0.2) is 9.78 Å². The molecule has 0 unspecified atom stereocenters. The second-order valence-corrected chi connectivity index (χ2v) is 2.23. The molecule has 3 nitrogen and oxygen atoms in total. The Hall–Kier alpha value is -1.82. The molecule has 0 amide bonds. The molecule has 0 saturated carbocycles. The van der Waals surface area contributed by atoms with E-state index < -0.39 is 0 Å². The Bertz CT molecular complexity index is 389. The number of nitriles is 1. The van der Waals surface area contributed by atoms with E-state index >= 15 is 0 Å². The number of nitrogens with zero attached hydrogens (tertiary/aromatic N) is 3. The van der Waals surface area contributed by atoms with Crippen LogP contribution in [0.25, 0.3) is 10.9 Å². The van der Waals surface area contributed by atoms with Crippen molar-refractivity contribution in [1.82, 2.24) is 9.78 Å². The summed E-state index contributed by atoms with van der Waals surface area (Å²) in [7, 11) is 0. The highest BCUT2D eigenvalue weighted by Gasteiger charge is 1.95. The van der Waals surface area contributed by atoms with E-state index in [1.807, 2.05) is 30.5 Å². The third-order valence-electron chi connectivity index (χ3n) is 1.52. The molecule has 1 heterocycles. The summed E-state index contributed by atoms with van der Waals surface area (Å²) in [5.41, 5.74) is 0.856. The molecule has 2 rings (SSSR count). The zero-order valence-corrected chi connectivity index (χ0v) is 5.73. The fourth-order valence-corrected chi connectivity index (χ4v) is 1.02. The van der Waals surface area contributed by atoms with Gasteiger partial charge in [0.1, 0.15) is 0 Å². The van der Waals surface area contributed by atoms with Crippen LogP contribution in [0.4, 0.5) is 0 Å². The van der Waals surface area contributed by atoms with Gasteiger partial charge in [0.15, 0.2) is 0 Å². The summed E-state index contributed by atoms with van der Waals surface area (Å²) in [5.74, 6) is 0. The van der Waals surface area contributed by atoms with Crippen molar-refractivity contribution in [3.05, 3.63) is 30.5 Å². The monoisotopic (exact) mass is 143 g/mol. The lowest BCUT2D eigenvalue weighted by Crippen LogP contribution is -1.84. The minimum Gasteiger partial charge on any atom is -0.173 e. The Labute approximate surface area is 63.5 Å². The maximum atomic E-state index is 8.49. The predicted octanol–water partition coefficient (Wildman–Crippen LogP) is 1.37. The smallest absolute Gasteiger partial charge is 0.173 e. The Morgan fingerprint density at radius 1 is 1.36 bits per heavy atom. The number of benzene rings is 1. The third kappa shape index (κ3) is 0.849. The first-order valence-corrected chi connectivity index (χ1v) is 3.25. The molecule has 0 fully saturated rings. The normalized spacial score (nSPS) is 9.73. The average Bonchev–Trinajstić information content (AvgIpc) is 2.46. The van der Waals surface area contributed by atoms with Gasteiger partial charge in [-0.05, 0) is 6.07 Å². The second kappa shape index (κ2) is 2.10. The lowest BCUT2D eigenvalue weighted by molar-refractivity contribution is 0.914. The van der Waals surface area contributed by atoms with E-state index in [1.165, 1.54) is 4.68 Å². The molecular weight excluding hydrogens is 138 g/mol. The Balaban J connectivity index is 2.81. The molecule has 2 aromatic rings. The van der Waals surface area contributed by atoms with Gasteiger partial charge in [-0.25, -0.2) is 0 Å². The fourth-order valence-electron chi connectivity index (χ4n) is 1.02. The van der Waals surface area contributed by atoms with Gasteiger partial charge in [-0.1, -0.05) is 18.2 Å². The van der Waals surface area contributed by atoms with Crippen LogP contribution < -0.4 is 0 Å². The highest BCUT2D eigenvalue weighted by molar-refractivity contribution is 5.77. The van der Waals surface area contributed by atoms with E-state index in [0.717, 1.165) is 10.9 Å². The van der Waals surface area contributed by atoms with Crippen molar-refractivity contribution in [3.8, 4) is 6.19 Å². The van der Waals surface area contributed by atoms with Crippen LogP contribution in [-0.2, 0) is 0 Å². The maximum absolute atomic E-state index is 8.49. The maximum Gasteiger partial charge on any atom is 0.206 e. The van der Waals surface area contributed by atoms with E-state index in [0.29, 0.717) is 0 Å². The molecule has 52 valence electrons. The summed E-state index contributed by atoms with van der Waals surface area (Å²) in [6.07, 6.45) is 3.63. The first kappa shape index (κ1) is 5.93. The van der Waals surface area contributed by atoms with Gasteiger partial charge < -0.3 is 0 Å². The summed E-state index contributed by atoms with van der Waals surface area (Å²) < 4.78 is 1.25. The topological polar surface area (TPSA) is 41.6 Å². The van der Waals surface area contributed by atoms with Crippen LogP contribution in [0.5, 0.6) is 0 Å². The first-order chi connectivity index (χ1) is 5.40. The molecule has 11 heavy (non-hydrogen) atoms. The van der Waals surface area contributed by atoms with E-state index in [4.69, 9.17) is 5.26 Å². The van der Waals surface area contributed by atoms with Gasteiger partial charge in [0.05, 0.1) is 5.52 Å². The van der Waals surface area contributed by atoms with E-state index in [-0.39, 0.29) is 0 Å². The second-order valence-electron chi connectivity index (χ2n) is 2.23.